The van der Waals surface area contributed by atoms with Crippen LogP contribution in [0.4, 0.5) is 35.9 Å². The molecular weight excluding hydrogens is 409 g/mol. The van der Waals surface area contributed by atoms with E-state index in [9.17, 15) is 13.2 Å². The van der Waals surface area contributed by atoms with Gasteiger partial charge in [0.05, 0.1) is 16.9 Å². The van der Waals surface area contributed by atoms with Crippen LogP contribution in [-0.4, -0.2) is 6.17 Å². The molecule has 0 radical (unpaired) electrons. The van der Waals surface area contributed by atoms with E-state index >= 15 is 0 Å². The third-order valence-corrected chi connectivity index (χ3v) is 7.29. The fourth-order valence-corrected chi connectivity index (χ4v) is 5.31. The van der Waals surface area contributed by atoms with Gasteiger partial charge in [-0.2, -0.15) is 13.2 Å². The maximum Gasteiger partial charge on any atom is 0.416 e. The molecule has 0 fully saturated rings. The molecule has 2 nitrogen and oxygen atoms in total. The average molecular weight is 435 g/mol. The molecule has 3 atom stereocenters. The number of benzene rings is 3. The van der Waals surface area contributed by atoms with Crippen molar-refractivity contribution in [2.45, 2.75) is 38.5 Å². The smallest absolute Gasteiger partial charge is 0.318 e. The van der Waals surface area contributed by atoms with Crippen molar-refractivity contribution in [2.24, 2.45) is 5.92 Å². The molecule has 5 heteroatoms. The average Bonchev–Trinajstić information content (AvgIpc) is 3.11. The quantitative estimate of drug-likeness (QED) is 0.381. The second kappa shape index (κ2) is 6.89. The Morgan fingerprint density at radius 2 is 1.50 bits per heavy atom. The highest BCUT2D eigenvalue weighted by atomic mass is 19.4. The summed E-state index contributed by atoms with van der Waals surface area (Å²) in [6, 6.07) is 20.1. The second-order valence-electron chi connectivity index (χ2n) is 8.93. The zero-order valence-electron chi connectivity index (χ0n) is 18.3. The van der Waals surface area contributed by atoms with Crippen LogP contribution < -0.4 is 9.80 Å². The van der Waals surface area contributed by atoms with Gasteiger partial charge in [-0.25, -0.2) is 0 Å². The lowest BCUT2D eigenvalue weighted by Crippen LogP contribution is -2.54. The first-order chi connectivity index (χ1) is 15.2. The molecule has 2 aliphatic heterocycles. The van der Waals surface area contributed by atoms with Crippen LogP contribution in [0, 0.1) is 12.8 Å². The molecule has 2 aliphatic rings. The van der Waals surface area contributed by atoms with Crippen molar-refractivity contribution in [1.29, 1.82) is 0 Å². The number of anilines is 4. The minimum absolute atomic E-state index is 0.0521. The highest BCUT2D eigenvalue weighted by Crippen LogP contribution is 2.58. The van der Waals surface area contributed by atoms with Gasteiger partial charge in [-0.05, 0) is 48.4 Å². The zero-order valence-corrected chi connectivity index (χ0v) is 18.3. The maximum absolute atomic E-state index is 13.7. The van der Waals surface area contributed by atoms with Crippen LogP contribution in [0.2, 0.25) is 0 Å². The van der Waals surface area contributed by atoms with Gasteiger partial charge in [-0.1, -0.05) is 56.3 Å². The summed E-state index contributed by atoms with van der Waals surface area (Å²) >= 11 is 0. The summed E-state index contributed by atoms with van der Waals surface area (Å²) in [5.74, 6) is 0.0521. The van der Waals surface area contributed by atoms with Gasteiger partial charge in [0.1, 0.15) is 6.17 Å². The molecule has 0 amide bonds. The summed E-state index contributed by atoms with van der Waals surface area (Å²) < 4.78 is 41.0. The van der Waals surface area contributed by atoms with Crippen molar-refractivity contribution in [2.75, 3.05) is 9.80 Å². The first-order valence-corrected chi connectivity index (χ1v) is 10.8. The number of hydrogen-bond donors (Lipinski definition) is 0. The molecule has 0 N–H and O–H groups in total. The van der Waals surface area contributed by atoms with Gasteiger partial charge in [-0.15, -0.1) is 6.58 Å². The lowest BCUT2D eigenvalue weighted by molar-refractivity contribution is -0.137. The lowest BCUT2D eigenvalue weighted by atomic mass is 9.67. The SMILES string of the molecule is C=CC1(C)c2ccccc2N2c3cc(C(F)(F)F)ccc3N(c3ccccc3C)C2C1C. The second-order valence-corrected chi connectivity index (χ2v) is 8.93. The van der Waals surface area contributed by atoms with E-state index in [1.165, 1.54) is 12.1 Å². The van der Waals surface area contributed by atoms with E-state index in [0.29, 0.717) is 5.69 Å². The number of alkyl halides is 3. The van der Waals surface area contributed by atoms with E-state index < -0.39 is 11.7 Å². The van der Waals surface area contributed by atoms with Crippen LogP contribution in [0.15, 0.2) is 79.4 Å². The van der Waals surface area contributed by atoms with Gasteiger partial charge >= 0.3 is 6.18 Å². The highest BCUT2D eigenvalue weighted by molar-refractivity contribution is 5.91. The molecule has 0 aliphatic carbocycles. The number of allylic oxidation sites excluding steroid dienone is 1. The van der Waals surface area contributed by atoms with Crippen LogP contribution in [0.5, 0.6) is 0 Å². The number of fused-ring (bicyclic) bond motifs is 5. The van der Waals surface area contributed by atoms with Crippen molar-refractivity contribution in [3.63, 3.8) is 0 Å². The number of hydrogen-bond acceptors (Lipinski definition) is 2. The topological polar surface area (TPSA) is 6.48 Å². The predicted octanol–water partition coefficient (Wildman–Crippen LogP) is 7.72. The predicted molar refractivity (Wildman–Crippen MR) is 124 cm³/mol. The molecule has 0 bridgehead atoms. The molecule has 0 aromatic heterocycles. The van der Waals surface area contributed by atoms with E-state index in [2.05, 4.69) is 36.3 Å². The van der Waals surface area contributed by atoms with E-state index in [1.807, 2.05) is 55.5 Å². The van der Waals surface area contributed by atoms with Gasteiger partial charge in [-0.3, -0.25) is 0 Å². The van der Waals surface area contributed by atoms with Crippen molar-refractivity contribution < 1.29 is 13.2 Å². The van der Waals surface area contributed by atoms with Crippen molar-refractivity contribution >= 4 is 22.7 Å². The van der Waals surface area contributed by atoms with Crippen LogP contribution in [0.25, 0.3) is 0 Å². The van der Waals surface area contributed by atoms with Gasteiger partial charge in [0.25, 0.3) is 0 Å². The first kappa shape index (κ1) is 20.7. The summed E-state index contributed by atoms with van der Waals surface area (Å²) in [6.07, 6.45) is -2.61. The Hall–Kier alpha value is -3.21. The van der Waals surface area contributed by atoms with Gasteiger partial charge in [0.15, 0.2) is 0 Å². The zero-order chi connectivity index (χ0) is 22.8. The van der Waals surface area contributed by atoms with E-state index in [4.69, 9.17) is 0 Å². The van der Waals surface area contributed by atoms with Crippen molar-refractivity contribution in [3.8, 4) is 0 Å². The minimum atomic E-state index is -4.41. The molecule has 0 spiro atoms. The standard InChI is InChI=1S/C27H25F3N2/c1-5-26(4)18(3)25-31(21-12-8-6-10-17(21)2)23-15-14-19(27(28,29)30)16-24(23)32(25)22-13-9-7-11-20(22)26/h5-16,18,25H,1H2,2-4H3. The van der Waals surface area contributed by atoms with Gasteiger partial charge in [0.2, 0.25) is 0 Å². The van der Waals surface area contributed by atoms with Crippen LogP contribution >= 0.6 is 0 Å². The number of para-hydroxylation sites is 2. The Balaban J connectivity index is 1.84. The molecule has 164 valence electrons. The van der Waals surface area contributed by atoms with Gasteiger partial charge < -0.3 is 9.80 Å². The molecule has 2 heterocycles. The third kappa shape index (κ3) is 2.73. The van der Waals surface area contributed by atoms with Crippen molar-refractivity contribution in [3.05, 3.63) is 96.1 Å². The fourth-order valence-electron chi connectivity index (χ4n) is 5.31. The van der Waals surface area contributed by atoms with E-state index in [0.717, 1.165) is 28.2 Å². The van der Waals surface area contributed by atoms with E-state index in [-0.39, 0.29) is 17.5 Å². The number of rotatable bonds is 2. The minimum Gasteiger partial charge on any atom is -0.318 e. The molecule has 32 heavy (non-hydrogen) atoms. The number of nitrogens with zero attached hydrogens (tertiary/aromatic N) is 2. The summed E-state index contributed by atoms with van der Waals surface area (Å²) in [7, 11) is 0. The Bertz CT molecular complexity index is 1220. The molecule has 5 rings (SSSR count). The molecule has 0 saturated carbocycles. The monoisotopic (exact) mass is 434 g/mol. The third-order valence-electron chi connectivity index (χ3n) is 7.29. The Morgan fingerprint density at radius 1 is 0.875 bits per heavy atom. The van der Waals surface area contributed by atoms with Crippen LogP contribution in [0.3, 0.4) is 0 Å². The summed E-state index contributed by atoms with van der Waals surface area (Å²) in [5.41, 5.74) is 4.47. The van der Waals surface area contributed by atoms with Crippen LogP contribution in [-0.2, 0) is 11.6 Å². The molecular formula is C27H25F3N2. The normalized spacial score (nSPS) is 24.1. The largest absolute Gasteiger partial charge is 0.416 e. The maximum atomic E-state index is 13.7. The fraction of sp³-hybridized carbons (Fsp3) is 0.259. The number of aryl methyl sites for hydroxylation is 1. The molecule has 3 aromatic rings. The van der Waals surface area contributed by atoms with Gasteiger partial charge in [0, 0.05) is 22.7 Å². The molecule has 0 saturated heterocycles. The summed E-state index contributed by atoms with van der Waals surface area (Å²) in [6.45, 7) is 10.5. The van der Waals surface area contributed by atoms with E-state index in [1.54, 1.807) is 6.07 Å². The first-order valence-electron chi connectivity index (χ1n) is 10.8. The number of halogens is 3. The summed E-state index contributed by atoms with van der Waals surface area (Å²) in [4.78, 5) is 4.29. The Morgan fingerprint density at radius 3 is 2.16 bits per heavy atom. The Kier molecular flexibility index (Phi) is 4.45. The molecule has 3 unspecified atom stereocenters. The Labute approximate surface area is 186 Å². The molecule has 3 aromatic carbocycles. The lowest BCUT2D eigenvalue weighted by Gasteiger charge is -2.50. The summed E-state index contributed by atoms with van der Waals surface area (Å²) in [5, 5.41) is 0. The highest BCUT2D eigenvalue weighted by Gasteiger charge is 2.52. The van der Waals surface area contributed by atoms with Crippen molar-refractivity contribution in [1.82, 2.24) is 0 Å². The van der Waals surface area contributed by atoms with Crippen LogP contribution in [0.1, 0.15) is 30.5 Å².